The maximum atomic E-state index is 13.1. The van der Waals surface area contributed by atoms with Crippen molar-refractivity contribution in [2.24, 2.45) is 11.7 Å². The molecule has 3 heterocycles. The van der Waals surface area contributed by atoms with Gasteiger partial charge in [-0.15, -0.1) is 11.3 Å². The highest BCUT2D eigenvalue weighted by atomic mass is 32.1. The van der Waals surface area contributed by atoms with Gasteiger partial charge in [-0.2, -0.15) is 0 Å². The van der Waals surface area contributed by atoms with Gasteiger partial charge in [-0.25, -0.2) is 4.98 Å². The predicted octanol–water partition coefficient (Wildman–Crippen LogP) is 5.73. The molecule has 4 N–H and O–H groups in total. The van der Waals surface area contributed by atoms with Crippen molar-refractivity contribution < 1.29 is 4.79 Å². The molecule has 0 saturated heterocycles. The van der Waals surface area contributed by atoms with Crippen LogP contribution >= 0.6 is 11.3 Å². The largest absolute Gasteiger partial charge is 0.346 e. The Bertz CT molecular complexity index is 1180. The Balaban J connectivity index is 1.49. The molecule has 1 fully saturated rings. The van der Waals surface area contributed by atoms with Crippen LogP contribution < -0.4 is 11.1 Å². The molecular formula is C24H24N4OS. The van der Waals surface area contributed by atoms with E-state index >= 15 is 0 Å². The smallest absolute Gasteiger partial charge is 0.255 e. The number of amides is 1. The highest BCUT2D eigenvalue weighted by molar-refractivity contribution is 7.13. The Kier molecular flexibility index (Phi) is 5.11. The molecule has 1 amide bonds. The molecule has 1 aliphatic carbocycles. The molecule has 0 spiro atoms. The first kappa shape index (κ1) is 19.0. The first-order valence-corrected chi connectivity index (χ1v) is 11.3. The number of hydrogen-bond acceptors (Lipinski definition) is 4. The molecule has 0 radical (unpaired) electrons. The number of nitrogens with zero attached hydrogens (tertiary/aromatic N) is 1. The number of aromatic amines is 1. The summed E-state index contributed by atoms with van der Waals surface area (Å²) in [7, 11) is 0. The lowest BCUT2D eigenvalue weighted by atomic mass is 9.88. The van der Waals surface area contributed by atoms with Crippen molar-refractivity contribution in [3.63, 3.8) is 0 Å². The number of aromatic nitrogens is 2. The van der Waals surface area contributed by atoms with Gasteiger partial charge in [-0.05, 0) is 65.6 Å². The van der Waals surface area contributed by atoms with Gasteiger partial charge in [0.2, 0.25) is 0 Å². The van der Waals surface area contributed by atoms with Crippen LogP contribution in [0.4, 0.5) is 5.69 Å². The number of anilines is 1. The van der Waals surface area contributed by atoms with Crippen LogP contribution in [0.1, 0.15) is 47.6 Å². The number of rotatable bonds is 5. The number of nitrogens with two attached hydrogens (primary N) is 1. The molecule has 5 rings (SSSR count). The lowest BCUT2D eigenvalue weighted by Gasteiger charge is -2.22. The highest BCUT2D eigenvalue weighted by Crippen LogP contribution is 2.39. The van der Waals surface area contributed by atoms with E-state index in [1.54, 1.807) is 17.5 Å². The van der Waals surface area contributed by atoms with Crippen LogP contribution in [0.2, 0.25) is 0 Å². The molecule has 1 aromatic carbocycles. The zero-order valence-corrected chi connectivity index (χ0v) is 17.4. The van der Waals surface area contributed by atoms with Crippen LogP contribution in [-0.4, -0.2) is 15.9 Å². The molecule has 1 saturated carbocycles. The fourth-order valence-electron chi connectivity index (χ4n) is 4.47. The summed E-state index contributed by atoms with van der Waals surface area (Å²) in [6.45, 7) is 0. The minimum absolute atomic E-state index is 0.00129. The van der Waals surface area contributed by atoms with Crippen molar-refractivity contribution in [1.82, 2.24) is 9.97 Å². The number of carbonyl (C=O) groups is 1. The van der Waals surface area contributed by atoms with Crippen molar-refractivity contribution in [2.45, 2.75) is 31.7 Å². The summed E-state index contributed by atoms with van der Waals surface area (Å²) >= 11 is 1.68. The number of nitrogens with one attached hydrogen (secondary N) is 2. The van der Waals surface area contributed by atoms with E-state index in [2.05, 4.69) is 26.7 Å². The Morgan fingerprint density at radius 1 is 1.20 bits per heavy atom. The van der Waals surface area contributed by atoms with E-state index in [0.29, 0.717) is 11.5 Å². The van der Waals surface area contributed by atoms with Gasteiger partial charge in [0.1, 0.15) is 5.65 Å². The second kappa shape index (κ2) is 8.05. The van der Waals surface area contributed by atoms with Crippen molar-refractivity contribution in [3.8, 4) is 10.4 Å². The third kappa shape index (κ3) is 3.53. The molecule has 5 nitrogen and oxygen atoms in total. The van der Waals surface area contributed by atoms with Gasteiger partial charge in [0.15, 0.2) is 0 Å². The Morgan fingerprint density at radius 3 is 2.87 bits per heavy atom. The molecule has 0 unspecified atom stereocenters. The van der Waals surface area contributed by atoms with Gasteiger partial charge >= 0.3 is 0 Å². The number of fused-ring (bicyclic) bond motifs is 1. The summed E-state index contributed by atoms with van der Waals surface area (Å²) in [5.41, 5.74) is 11.0. The second-order valence-electron chi connectivity index (χ2n) is 7.90. The molecule has 30 heavy (non-hydrogen) atoms. The zero-order valence-electron chi connectivity index (χ0n) is 16.6. The number of thiophene rings is 1. The molecule has 1 aliphatic rings. The summed E-state index contributed by atoms with van der Waals surface area (Å²) in [5, 5.41) is 5.99. The third-order valence-corrected chi connectivity index (χ3v) is 6.98. The molecule has 3 aromatic heterocycles. The maximum Gasteiger partial charge on any atom is 0.255 e. The second-order valence-corrected chi connectivity index (χ2v) is 8.85. The van der Waals surface area contributed by atoms with Crippen LogP contribution in [-0.2, 0) is 0 Å². The normalized spacial score (nSPS) is 15.5. The van der Waals surface area contributed by atoms with Crippen molar-refractivity contribution in [2.75, 3.05) is 5.32 Å². The SMILES string of the molecule is N[C@@H](c1ccc(C(=O)Nc2ccnc3[nH]ccc23)cc1-c1cccs1)C1CCCC1. The standard InChI is InChI=1S/C24H24N4OS/c25-22(15-4-1-2-5-15)17-8-7-16(14-19(17)21-6-3-13-30-21)24(29)28-20-10-12-27-23-18(20)9-11-26-23/h3,6-15,22H,1-2,4-5,25H2,(H2,26,27,28,29)/t22-/m1/s1. The van der Waals surface area contributed by atoms with Crippen LogP contribution in [0.15, 0.2) is 60.2 Å². The Morgan fingerprint density at radius 2 is 2.07 bits per heavy atom. The van der Waals surface area contributed by atoms with Crippen LogP contribution in [0, 0.1) is 5.92 Å². The molecular weight excluding hydrogens is 392 g/mol. The molecule has 6 heteroatoms. The number of carbonyl (C=O) groups excluding carboxylic acids is 1. The van der Waals surface area contributed by atoms with E-state index in [-0.39, 0.29) is 11.9 Å². The molecule has 4 aromatic rings. The van der Waals surface area contributed by atoms with E-state index in [9.17, 15) is 4.79 Å². The first-order chi connectivity index (χ1) is 14.7. The fraction of sp³-hybridized carbons (Fsp3) is 0.250. The monoisotopic (exact) mass is 416 g/mol. The van der Waals surface area contributed by atoms with Gasteiger partial charge < -0.3 is 16.0 Å². The number of hydrogen-bond donors (Lipinski definition) is 3. The van der Waals surface area contributed by atoms with Crippen molar-refractivity contribution in [3.05, 3.63) is 71.4 Å². The molecule has 152 valence electrons. The summed E-state index contributed by atoms with van der Waals surface area (Å²) < 4.78 is 0. The average molecular weight is 417 g/mol. The maximum absolute atomic E-state index is 13.1. The van der Waals surface area contributed by atoms with Crippen LogP contribution in [0.3, 0.4) is 0 Å². The minimum atomic E-state index is -0.137. The quantitative estimate of drug-likeness (QED) is 0.388. The van der Waals surface area contributed by atoms with E-state index in [4.69, 9.17) is 5.73 Å². The van der Waals surface area contributed by atoms with Gasteiger partial charge in [-0.1, -0.05) is 25.0 Å². The summed E-state index contributed by atoms with van der Waals surface area (Å²) in [6, 6.07) is 13.8. The fourth-order valence-corrected chi connectivity index (χ4v) is 5.23. The topological polar surface area (TPSA) is 83.8 Å². The van der Waals surface area contributed by atoms with Gasteiger partial charge in [0, 0.05) is 34.3 Å². The zero-order chi connectivity index (χ0) is 20.5. The molecule has 0 bridgehead atoms. The van der Waals surface area contributed by atoms with Crippen molar-refractivity contribution in [1.29, 1.82) is 0 Å². The third-order valence-electron chi connectivity index (χ3n) is 6.08. The predicted molar refractivity (Wildman–Crippen MR) is 123 cm³/mol. The lowest BCUT2D eigenvalue weighted by molar-refractivity contribution is 0.102. The summed E-state index contributed by atoms with van der Waals surface area (Å²) in [6.07, 6.45) is 8.39. The number of H-pyrrole nitrogens is 1. The van der Waals surface area contributed by atoms with E-state index in [1.165, 1.54) is 25.7 Å². The number of pyridine rings is 1. The summed E-state index contributed by atoms with van der Waals surface area (Å²) in [4.78, 5) is 21.6. The first-order valence-electron chi connectivity index (χ1n) is 10.4. The lowest BCUT2D eigenvalue weighted by Crippen LogP contribution is -2.20. The number of benzene rings is 1. The van der Waals surface area contributed by atoms with Crippen molar-refractivity contribution >= 4 is 34.0 Å². The van der Waals surface area contributed by atoms with Gasteiger partial charge in [-0.3, -0.25) is 4.79 Å². The summed E-state index contributed by atoms with van der Waals surface area (Å²) in [5.74, 6) is 0.379. The Labute approximate surface area is 179 Å². The van der Waals surface area contributed by atoms with E-state index < -0.39 is 0 Å². The van der Waals surface area contributed by atoms with E-state index in [1.807, 2.05) is 42.6 Å². The minimum Gasteiger partial charge on any atom is -0.346 e. The van der Waals surface area contributed by atoms with E-state index in [0.717, 1.165) is 32.7 Å². The highest BCUT2D eigenvalue weighted by Gasteiger charge is 2.26. The Hall–Kier alpha value is -2.96. The van der Waals surface area contributed by atoms with Gasteiger partial charge in [0.25, 0.3) is 5.91 Å². The van der Waals surface area contributed by atoms with Crippen LogP contribution in [0.25, 0.3) is 21.5 Å². The van der Waals surface area contributed by atoms with Gasteiger partial charge in [0.05, 0.1) is 5.69 Å². The molecule has 1 atom stereocenters. The average Bonchev–Trinajstić information content (AvgIpc) is 3.55. The van der Waals surface area contributed by atoms with Crippen LogP contribution in [0.5, 0.6) is 0 Å². The molecule has 0 aliphatic heterocycles.